The number of fused-ring (bicyclic) bond motifs is 1. The minimum Gasteiger partial charge on any atom is -0.465 e. The average Bonchev–Trinajstić information content (AvgIpc) is 2.94. The molecule has 0 saturated heterocycles. The third-order valence-electron chi connectivity index (χ3n) is 2.84. The Morgan fingerprint density at radius 1 is 1.33 bits per heavy atom. The van der Waals surface area contributed by atoms with Crippen molar-refractivity contribution in [3.8, 4) is 11.8 Å². The molecule has 0 saturated carbocycles. The summed E-state index contributed by atoms with van der Waals surface area (Å²) in [7, 11) is 1.33. The number of H-pyrrole nitrogens is 1. The van der Waals surface area contributed by atoms with Crippen LogP contribution in [0, 0.1) is 11.8 Å². The SMILES string of the molecule is CCOC(=O)CC#Cc1cc(C(=O)OC)c2cc[nH]c2c1. The van der Waals surface area contributed by atoms with E-state index in [1.165, 1.54) is 7.11 Å². The number of benzene rings is 1. The van der Waals surface area contributed by atoms with Gasteiger partial charge < -0.3 is 14.5 Å². The Balaban J connectivity index is 2.31. The van der Waals surface area contributed by atoms with Gasteiger partial charge in [-0.1, -0.05) is 11.8 Å². The van der Waals surface area contributed by atoms with Crippen LogP contribution in [0.1, 0.15) is 29.3 Å². The van der Waals surface area contributed by atoms with E-state index in [1.807, 2.05) is 6.07 Å². The second-order valence-electron chi connectivity index (χ2n) is 4.24. The van der Waals surface area contributed by atoms with Gasteiger partial charge in [0.05, 0.1) is 19.3 Å². The first-order valence-corrected chi connectivity index (χ1v) is 6.49. The molecule has 5 heteroatoms. The Labute approximate surface area is 122 Å². The molecule has 0 atom stereocenters. The molecule has 2 aromatic rings. The smallest absolute Gasteiger partial charge is 0.338 e. The lowest BCUT2D eigenvalue weighted by Crippen LogP contribution is -2.02. The van der Waals surface area contributed by atoms with Gasteiger partial charge in [0.2, 0.25) is 0 Å². The van der Waals surface area contributed by atoms with Crippen LogP contribution in [-0.2, 0) is 14.3 Å². The number of hydrogen-bond donors (Lipinski definition) is 1. The summed E-state index contributed by atoms with van der Waals surface area (Å²) in [5, 5.41) is 0.776. The molecule has 0 fully saturated rings. The highest BCUT2D eigenvalue weighted by molar-refractivity contribution is 6.04. The van der Waals surface area contributed by atoms with Gasteiger partial charge >= 0.3 is 11.9 Å². The molecule has 108 valence electrons. The predicted octanol–water partition coefficient (Wildman–Crippen LogP) is 2.26. The Kier molecular flexibility index (Phi) is 4.62. The lowest BCUT2D eigenvalue weighted by atomic mass is 10.1. The van der Waals surface area contributed by atoms with E-state index in [1.54, 1.807) is 25.3 Å². The van der Waals surface area contributed by atoms with Crippen molar-refractivity contribution in [2.75, 3.05) is 13.7 Å². The average molecular weight is 285 g/mol. The Morgan fingerprint density at radius 3 is 2.86 bits per heavy atom. The van der Waals surface area contributed by atoms with Crippen molar-refractivity contribution in [3.05, 3.63) is 35.5 Å². The highest BCUT2D eigenvalue weighted by atomic mass is 16.5. The monoisotopic (exact) mass is 285 g/mol. The van der Waals surface area contributed by atoms with E-state index in [4.69, 9.17) is 9.47 Å². The summed E-state index contributed by atoms with van der Waals surface area (Å²) in [6, 6.07) is 5.28. The van der Waals surface area contributed by atoms with Crippen molar-refractivity contribution < 1.29 is 19.1 Å². The Bertz CT molecular complexity index is 734. The van der Waals surface area contributed by atoms with Crippen molar-refractivity contribution in [2.24, 2.45) is 0 Å². The number of carbonyl (C=O) groups is 2. The van der Waals surface area contributed by atoms with Crippen molar-refractivity contribution in [3.63, 3.8) is 0 Å². The maximum absolute atomic E-state index is 11.8. The Hall–Kier alpha value is -2.74. The molecule has 0 amide bonds. The summed E-state index contributed by atoms with van der Waals surface area (Å²) in [4.78, 5) is 26.0. The van der Waals surface area contributed by atoms with Gasteiger partial charge in [0, 0.05) is 22.7 Å². The van der Waals surface area contributed by atoms with E-state index < -0.39 is 5.97 Å². The molecular weight excluding hydrogens is 270 g/mol. The molecule has 5 nitrogen and oxygen atoms in total. The number of aromatic amines is 1. The van der Waals surface area contributed by atoms with E-state index in [-0.39, 0.29) is 12.4 Å². The highest BCUT2D eigenvalue weighted by Crippen LogP contribution is 2.20. The molecule has 1 aromatic heterocycles. The number of hydrogen-bond acceptors (Lipinski definition) is 4. The number of nitrogens with one attached hydrogen (secondary N) is 1. The number of aromatic nitrogens is 1. The molecular formula is C16H15NO4. The maximum Gasteiger partial charge on any atom is 0.338 e. The van der Waals surface area contributed by atoms with Gasteiger partial charge in [-0.05, 0) is 25.1 Å². The van der Waals surface area contributed by atoms with Gasteiger partial charge in [-0.25, -0.2) is 4.79 Å². The molecule has 0 aliphatic rings. The topological polar surface area (TPSA) is 68.4 Å². The van der Waals surface area contributed by atoms with Crippen molar-refractivity contribution in [2.45, 2.75) is 13.3 Å². The molecule has 21 heavy (non-hydrogen) atoms. The molecule has 1 aromatic carbocycles. The van der Waals surface area contributed by atoms with E-state index in [0.717, 1.165) is 10.9 Å². The highest BCUT2D eigenvalue weighted by Gasteiger charge is 2.12. The summed E-state index contributed by atoms with van der Waals surface area (Å²) in [5.41, 5.74) is 1.87. The second kappa shape index (κ2) is 6.62. The summed E-state index contributed by atoms with van der Waals surface area (Å²) < 4.78 is 9.56. The van der Waals surface area contributed by atoms with Crippen LogP contribution in [0.2, 0.25) is 0 Å². The van der Waals surface area contributed by atoms with Gasteiger partial charge in [0.15, 0.2) is 0 Å². The van der Waals surface area contributed by atoms with E-state index in [0.29, 0.717) is 17.7 Å². The van der Waals surface area contributed by atoms with Gasteiger partial charge in [0.25, 0.3) is 0 Å². The van der Waals surface area contributed by atoms with Crippen molar-refractivity contribution in [1.82, 2.24) is 4.98 Å². The fraction of sp³-hybridized carbons (Fsp3) is 0.250. The number of carbonyl (C=O) groups excluding carboxylic acids is 2. The van der Waals surface area contributed by atoms with Crippen LogP contribution in [0.5, 0.6) is 0 Å². The summed E-state index contributed by atoms with van der Waals surface area (Å²) >= 11 is 0. The first-order chi connectivity index (χ1) is 10.2. The molecule has 0 unspecified atom stereocenters. The van der Waals surface area contributed by atoms with Gasteiger partial charge in [0.1, 0.15) is 6.42 Å². The van der Waals surface area contributed by atoms with Crippen molar-refractivity contribution >= 4 is 22.8 Å². The van der Waals surface area contributed by atoms with Crippen LogP contribution in [0.4, 0.5) is 0 Å². The van der Waals surface area contributed by atoms with Crippen LogP contribution in [0.25, 0.3) is 10.9 Å². The summed E-state index contributed by atoms with van der Waals surface area (Å²) in [5.74, 6) is 4.81. The van der Waals surface area contributed by atoms with Gasteiger partial charge in [-0.2, -0.15) is 0 Å². The second-order valence-corrected chi connectivity index (χ2v) is 4.24. The number of rotatable bonds is 3. The zero-order valence-corrected chi connectivity index (χ0v) is 11.9. The molecule has 0 aliphatic heterocycles. The van der Waals surface area contributed by atoms with E-state index >= 15 is 0 Å². The van der Waals surface area contributed by atoms with Crippen LogP contribution in [0.3, 0.4) is 0 Å². The third kappa shape index (κ3) is 3.42. The first kappa shape index (κ1) is 14.7. The van der Waals surface area contributed by atoms with Crippen LogP contribution in [-0.4, -0.2) is 30.6 Å². The number of methoxy groups -OCH3 is 1. The van der Waals surface area contributed by atoms with Crippen LogP contribution >= 0.6 is 0 Å². The number of esters is 2. The largest absolute Gasteiger partial charge is 0.465 e. The quantitative estimate of drug-likeness (QED) is 0.694. The zero-order chi connectivity index (χ0) is 15.2. The molecule has 0 spiro atoms. The lowest BCUT2D eigenvalue weighted by molar-refractivity contribution is -0.141. The van der Waals surface area contributed by atoms with E-state index in [2.05, 4.69) is 16.8 Å². The summed E-state index contributed by atoms with van der Waals surface area (Å²) in [6.45, 7) is 2.08. The normalized spacial score (nSPS) is 9.81. The minimum atomic E-state index is -0.423. The van der Waals surface area contributed by atoms with Crippen LogP contribution < -0.4 is 0 Å². The molecule has 2 rings (SSSR count). The Morgan fingerprint density at radius 2 is 2.14 bits per heavy atom. The number of ether oxygens (including phenoxy) is 2. The first-order valence-electron chi connectivity index (χ1n) is 6.49. The maximum atomic E-state index is 11.8. The minimum absolute atomic E-state index is 0.0180. The predicted molar refractivity (Wildman–Crippen MR) is 77.8 cm³/mol. The fourth-order valence-electron chi connectivity index (χ4n) is 1.95. The van der Waals surface area contributed by atoms with Gasteiger partial charge in [-0.3, -0.25) is 4.79 Å². The standard InChI is InChI=1S/C16H15NO4/c1-3-21-15(18)6-4-5-11-9-13(16(19)20-2)12-7-8-17-14(12)10-11/h7-10,17H,3,6H2,1-2H3. The molecule has 0 radical (unpaired) electrons. The molecule has 1 heterocycles. The van der Waals surface area contributed by atoms with Crippen molar-refractivity contribution in [1.29, 1.82) is 0 Å². The van der Waals surface area contributed by atoms with Crippen LogP contribution in [0.15, 0.2) is 24.4 Å². The van der Waals surface area contributed by atoms with Gasteiger partial charge in [-0.15, -0.1) is 0 Å². The molecule has 0 bridgehead atoms. The molecule has 0 aliphatic carbocycles. The van der Waals surface area contributed by atoms with E-state index in [9.17, 15) is 9.59 Å². The third-order valence-corrected chi connectivity index (χ3v) is 2.84. The fourth-order valence-corrected chi connectivity index (χ4v) is 1.95. The molecule has 1 N–H and O–H groups in total. The lowest BCUT2D eigenvalue weighted by Gasteiger charge is -2.02. The zero-order valence-electron chi connectivity index (χ0n) is 11.9. The summed E-state index contributed by atoms with van der Waals surface area (Å²) in [6.07, 6.45) is 1.76.